The van der Waals surface area contributed by atoms with Crippen molar-refractivity contribution in [3.8, 4) is 0 Å². The molecule has 0 aromatic heterocycles. The van der Waals surface area contributed by atoms with E-state index >= 15 is 0 Å². The Bertz CT molecular complexity index is 221. The molecular formula is C6H23AlN2O5P2. The monoisotopic (exact) mass is 292 g/mol. The van der Waals surface area contributed by atoms with Crippen LogP contribution in [-0.2, 0) is 18.1 Å². The van der Waals surface area contributed by atoms with Gasteiger partial charge in [0.1, 0.15) is 0 Å². The minimum absolute atomic E-state index is 0. The largest absolute Gasteiger partial charge is 0.187 e. The Hall–Kier alpha value is 0.952. The van der Waals surface area contributed by atoms with Crippen molar-refractivity contribution in [2.45, 2.75) is 13.8 Å². The van der Waals surface area contributed by atoms with Gasteiger partial charge in [-0.25, -0.2) is 0 Å². The molecule has 0 aliphatic rings. The summed E-state index contributed by atoms with van der Waals surface area (Å²) in [6.45, 7) is 3.86. The van der Waals surface area contributed by atoms with Crippen LogP contribution in [0.2, 0.25) is 0 Å². The fraction of sp³-hybridized carbons (Fsp3) is 1.00. The summed E-state index contributed by atoms with van der Waals surface area (Å²) in [5, 5.41) is 0. The van der Waals surface area contributed by atoms with E-state index in [4.69, 9.17) is 29.5 Å². The molecule has 0 saturated carbocycles. The summed E-state index contributed by atoms with van der Waals surface area (Å²) in [6.07, 6.45) is -0.0168. The molecule has 7 nitrogen and oxygen atoms in total. The Balaban J connectivity index is 0. The van der Waals surface area contributed by atoms with Crippen molar-refractivity contribution in [3.63, 3.8) is 0 Å². The summed E-state index contributed by atoms with van der Waals surface area (Å²) >= 11 is 0. The van der Waals surface area contributed by atoms with E-state index in [1.807, 2.05) is 0 Å². The van der Waals surface area contributed by atoms with Gasteiger partial charge in [0.05, 0.1) is 0 Å². The molecule has 0 bridgehead atoms. The molecule has 0 aromatic rings. The molecule has 0 spiro atoms. The first-order valence-corrected chi connectivity index (χ1v) is 8.32. The van der Waals surface area contributed by atoms with Crippen molar-refractivity contribution in [3.05, 3.63) is 0 Å². The van der Waals surface area contributed by atoms with Crippen molar-refractivity contribution < 1.29 is 23.0 Å². The summed E-state index contributed by atoms with van der Waals surface area (Å²) in [5.74, 6) is 0. The first kappa shape index (κ1) is 19.3. The minimum atomic E-state index is -4.02. The van der Waals surface area contributed by atoms with Crippen LogP contribution in [0.1, 0.15) is 13.8 Å². The zero-order chi connectivity index (χ0) is 12.0. The molecule has 100 valence electrons. The summed E-state index contributed by atoms with van der Waals surface area (Å²) in [6, 6.07) is 0. The van der Waals surface area contributed by atoms with Gasteiger partial charge in [-0.05, 0) is 0 Å². The number of rotatable bonds is 8. The van der Waals surface area contributed by atoms with Crippen LogP contribution in [-0.4, -0.2) is 48.2 Å². The van der Waals surface area contributed by atoms with Gasteiger partial charge >= 0.3 is 89.5 Å². The second kappa shape index (κ2) is 8.12. The minimum Gasteiger partial charge on any atom is 0.187 e. The number of hydrogen-bond acceptors (Lipinski definition) is 6. The molecule has 0 aliphatic heterocycles. The van der Waals surface area contributed by atoms with Gasteiger partial charge < -0.3 is 0 Å². The Morgan fingerprint density at radius 1 is 1.19 bits per heavy atom. The summed E-state index contributed by atoms with van der Waals surface area (Å²) in [7, 11) is -6.61. The third-order valence-corrected chi connectivity index (χ3v) is 4.29. The molecule has 0 amide bonds. The average Bonchev–Trinajstić information content (AvgIpc) is 2.02. The zero-order valence-corrected chi connectivity index (χ0v) is 10.9. The van der Waals surface area contributed by atoms with Crippen molar-refractivity contribution >= 4 is 33.0 Å². The normalized spacial score (nSPS) is 15.9. The first-order valence-electron chi connectivity index (χ1n) is 4.63. The second-order valence-corrected chi connectivity index (χ2v) is 6.89. The third-order valence-electron chi connectivity index (χ3n) is 1.43. The van der Waals surface area contributed by atoms with Gasteiger partial charge in [-0.1, -0.05) is 0 Å². The van der Waals surface area contributed by atoms with Crippen LogP contribution in [0.25, 0.3) is 0 Å². The maximum Gasteiger partial charge on any atom is 0.187 e. The quantitative estimate of drug-likeness (QED) is 0.404. The molecule has 0 radical (unpaired) electrons. The van der Waals surface area contributed by atoms with Crippen molar-refractivity contribution in [2.75, 3.05) is 26.0 Å². The van der Waals surface area contributed by atoms with E-state index in [9.17, 15) is 4.57 Å². The molecule has 1 atom stereocenters. The van der Waals surface area contributed by atoms with E-state index in [1.165, 1.54) is 0 Å². The van der Waals surface area contributed by atoms with Gasteiger partial charge in [0.25, 0.3) is 0 Å². The van der Waals surface area contributed by atoms with Gasteiger partial charge in [0, 0.05) is 0 Å². The van der Waals surface area contributed by atoms with Crippen molar-refractivity contribution in [1.29, 1.82) is 0 Å². The van der Waals surface area contributed by atoms with Gasteiger partial charge in [-0.2, -0.15) is 0 Å². The fourth-order valence-electron chi connectivity index (χ4n) is 0.934. The Labute approximate surface area is 107 Å². The standard InChI is InChI=1S/C6H20N2O5P2.Al.3H/c1-3-11-15(7,8,12-4-2)13-5-6-14(9)10;;;;/h14H,3-8H2,1-2H3,(H,9,10);;;;. The summed E-state index contributed by atoms with van der Waals surface area (Å²) in [4.78, 5) is 8.61. The number of nitrogens with two attached hydrogens (primary N) is 2. The molecular weight excluding hydrogens is 269 g/mol. The second-order valence-electron chi connectivity index (χ2n) is 2.82. The van der Waals surface area contributed by atoms with Crippen molar-refractivity contribution in [1.82, 2.24) is 0 Å². The van der Waals surface area contributed by atoms with Gasteiger partial charge in [-0.3, -0.25) is 0 Å². The predicted molar refractivity (Wildman–Crippen MR) is 70.5 cm³/mol. The van der Waals surface area contributed by atoms with E-state index in [-0.39, 0.29) is 43.3 Å². The molecule has 0 aliphatic carbocycles. The van der Waals surface area contributed by atoms with E-state index in [0.717, 1.165) is 0 Å². The van der Waals surface area contributed by atoms with Crippen LogP contribution in [0.5, 0.6) is 0 Å². The van der Waals surface area contributed by atoms with Crippen LogP contribution in [0.15, 0.2) is 0 Å². The van der Waals surface area contributed by atoms with E-state index < -0.39 is 15.6 Å². The van der Waals surface area contributed by atoms with Crippen LogP contribution < -0.4 is 11.0 Å². The van der Waals surface area contributed by atoms with E-state index in [1.54, 1.807) is 13.8 Å². The van der Waals surface area contributed by atoms with Gasteiger partial charge in [0.15, 0.2) is 17.4 Å². The van der Waals surface area contributed by atoms with Crippen LogP contribution >= 0.6 is 15.6 Å². The topological polar surface area (TPSA) is 117 Å². The maximum atomic E-state index is 10.5. The molecule has 0 aromatic carbocycles. The van der Waals surface area contributed by atoms with Crippen LogP contribution in [0.3, 0.4) is 0 Å². The predicted octanol–water partition coefficient (Wildman–Crippen LogP) is -0.595. The molecule has 0 fully saturated rings. The van der Waals surface area contributed by atoms with Gasteiger partial charge in [-0.15, -0.1) is 0 Å². The summed E-state index contributed by atoms with van der Waals surface area (Å²) in [5.41, 5.74) is 11.4. The SMILES string of the molecule is CCOP(N)(N)(OCC)OCC[PH](=O)O.[AlH3]. The Morgan fingerprint density at radius 3 is 1.94 bits per heavy atom. The molecule has 1 unspecified atom stereocenters. The summed E-state index contributed by atoms with van der Waals surface area (Å²) < 4.78 is 25.8. The van der Waals surface area contributed by atoms with Crippen molar-refractivity contribution in [2.24, 2.45) is 11.0 Å². The average molecular weight is 292 g/mol. The third kappa shape index (κ3) is 8.10. The Kier molecular flexibility index (Phi) is 9.80. The van der Waals surface area contributed by atoms with E-state index in [0.29, 0.717) is 0 Å². The first-order chi connectivity index (χ1) is 6.82. The van der Waals surface area contributed by atoms with Crippen LogP contribution in [0.4, 0.5) is 0 Å². The smallest absolute Gasteiger partial charge is 0.187 e. The Morgan fingerprint density at radius 2 is 1.62 bits per heavy atom. The van der Waals surface area contributed by atoms with Gasteiger partial charge in [0.2, 0.25) is 0 Å². The molecule has 5 N–H and O–H groups in total. The zero-order valence-electron chi connectivity index (χ0n) is 9.01. The molecule has 0 rings (SSSR count). The molecule has 16 heavy (non-hydrogen) atoms. The molecule has 0 heterocycles. The van der Waals surface area contributed by atoms with Crippen LogP contribution in [0, 0.1) is 0 Å². The fourth-order valence-corrected chi connectivity index (χ4v) is 3.07. The maximum absolute atomic E-state index is 10.5. The molecule has 10 heteroatoms. The van der Waals surface area contributed by atoms with E-state index in [2.05, 4.69) is 0 Å². The molecule has 0 saturated heterocycles. The number of hydrogen-bond donors (Lipinski definition) is 3.